The van der Waals surface area contributed by atoms with Gasteiger partial charge >= 0.3 is 0 Å². The number of nitrogen functional groups attached to an aromatic ring is 1. The van der Waals surface area contributed by atoms with Crippen LogP contribution in [0.25, 0.3) is 22.2 Å². The molecule has 3 N–H and O–H groups in total. The second-order valence-corrected chi connectivity index (χ2v) is 12.3. The molecule has 1 aromatic carbocycles. The van der Waals surface area contributed by atoms with Crippen molar-refractivity contribution >= 4 is 77.1 Å². The number of nitrogens with one attached hydrogen (secondary N) is 1. The number of nitrogens with zero attached hydrogens (tertiary/aromatic N) is 3. The largest absolute Gasteiger partial charge is 0.587 e. The average molecular weight is 599 g/mol. The quantitative estimate of drug-likeness (QED) is 0.251. The van der Waals surface area contributed by atoms with Crippen LogP contribution in [0.3, 0.4) is 0 Å². The van der Waals surface area contributed by atoms with E-state index in [1.807, 2.05) is 6.20 Å². The molecule has 6 nitrogen and oxygen atoms in total. The zero-order valence-corrected chi connectivity index (χ0v) is 21.5. The van der Waals surface area contributed by atoms with Crippen molar-refractivity contribution in [3.8, 4) is 11.1 Å². The van der Waals surface area contributed by atoms with E-state index >= 15 is 4.39 Å². The van der Waals surface area contributed by atoms with Gasteiger partial charge in [0, 0.05) is 28.3 Å². The third-order valence-corrected chi connectivity index (χ3v) is 10.3. The van der Waals surface area contributed by atoms with Crippen LogP contribution < -0.4 is 10.5 Å². The van der Waals surface area contributed by atoms with Crippen LogP contribution in [-0.4, -0.2) is 19.1 Å². The fourth-order valence-corrected chi connectivity index (χ4v) is 7.73. The van der Waals surface area contributed by atoms with Crippen LogP contribution in [0.5, 0.6) is 0 Å². The maximum Gasteiger partial charge on any atom is 0.235 e. The van der Waals surface area contributed by atoms with Gasteiger partial charge < -0.3 is 14.9 Å². The van der Waals surface area contributed by atoms with Gasteiger partial charge in [-0.1, -0.05) is 30.2 Å². The van der Waals surface area contributed by atoms with Crippen LogP contribution in [-0.2, 0) is 11.4 Å². The normalized spacial score (nSPS) is 15.5. The number of nitrogens with two attached hydrogens (primary N) is 1. The van der Waals surface area contributed by atoms with Crippen LogP contribution in [0.1, 0.15) is 31.7 Å². The zero-order chi connectivity index (χ0) is 22.4. The highest BCUT2D eigenvalue weighted by Crippen LogP contribution is 2.40. The fraction of sp³-hybridized carbons (Fsp3) is 0.238. The Kier molecular flexibility index (Phi) is 6.19. The summed E-state index contributed by atoms with van der Waals surface area (Å²) in [4.78, 5) is 8.63. The minimum absolute atomic E-state index is 0.163. The molecule has 166 valence electrons. The predicted octanol–water partition coefficient (Wildman–Crippen LogP) is 6.66. The Balaban J connectivity index is 1.50. The topological polar surface area (TPSA) is 91.8 Å². The van der Waals surface area contributed by atoms with E-state index in [1.54, 1.807) is 18.2 Å². The van der Waals surface area contributed by atoms with Crippen molar-refractivity contribution in [2.75, 3.05) is 10.5 Å². The van der Waals surface area contributed by atoms with Crippen molar-refractivity contribution in [1.29, 1.82) is 0 Å². The lowest BCUT2D eigenvalue weighted by Gasteiger charge is -2.12. The van der Waals surface area contributed by atoms with E-state index in [9.17, 15) is 4.55 Å². The van der Waals surface area contributed by atoms with Crippen molar-refractivity contribution in [3.05, 3.63) is 50.9 Å². The molecule has 4 aromatic rings. The Bertz CT molecular complexity index is 1290. The molecule has 3 aromatic heterocycles. The summed E-state index contributed by atoms with van der Waals surface area (Å²) in [5.74, 6) is -0.123. The van der Waals surface area contributed by atoms with Gasteiger partial charge in [-0.2, -0.15) is 4.72 Å². The van der Waals surface area contributed by atoms with Crippen LogP contribution in [0, 0.1) is 5.82 Å². The van der Waals surface area contributed by atoms with E-state index < -0.39 is 17.2 Å². The number of thiophene rings is 1. The molecule has 1 unspecified atom stereocenters. The monoisotopic (exact) mass is 597 g/mol. The lowest BCUT2D eigenvalue weighted by molar-refractivity contribution is 0.532. The predicted molar refractivity (Wildman–Crippen MR) is 135 cm³/mol. The second-order valence-electron chi connectivity index (χ2n) is 7.60. The first kappa shape index (κ1) is 22.1. The van der Waals surface area contributed by atoms with Crippen molar-refractivity contribution in [1.82, 2.24) is 14.5 Å². The first-order valence-electron chi connectivity index (χ1n) is 9.96. The molecule has 1 fully saturated rings. The molecular formula is C21H18Br2FN5OS2. The Labute approximate surface area is 208 Å². The maximum absolute atomic E-state index is 15.0. The zero-order valence-electron chi connectivity index (χ0n) is 16.6. The minimum Gasteiger partial charge on any atom is -0.587 e. The number of fused-ring (bicyclic) bond motifs is 1. The highest BCUT2D eigenvalue weighted by atomic mass is 79.9. The third kappa shape index (κ3) is 4.05. The minimum atomic E-state index is -1.58. The molecule has 11 heteroatoms. The molecule has 0 radical (unpaired) electrons. The molecule has 0 amide bonds. The van der Waals surface area contributed by atoms with Gasteiger partial charge in [0.15, 0.2) is 5.82 Å². The lowest BCUT2D eigenvalue weighted by atomic mass is 10.1. The van der Waals surface area contributed by atoms with Gasteiger partial charge in [0.1, 0.15) is 34.8 Å². The van der Waals surface area contributed by atoms with Gasteiger partial charge in [-0.15, -0.1) is 0 Å². The first-order chi connectivity index (χ1) is 15.4. The van der Waals surface area contributed by atoms with Crippen molar-refractivity contribution in [2.45, 2.75) is 35.9 Å². The molecule has 32 heavy (non-hydrogen) atoms. The number of anilines is 2. The Hall–Kier alpha value is -1.66. The number of aromatic nitrogens is 3. The standard InChI is InChI=1S/C21H18Br2FN5OS2/c22-14-8-17(31-19(14)23)32(30)28-16-6-5-11(7-15(16)24)13-9-29(12-3-1-2-4-12)21-18(13)20(25)26-10-27-21/h5-10,12,28H,1-4H2,(H2,25,26,27). The molecule has 0 saturated heterocycles. The van der Waals surface area contributed by atoms with E-state index in [2.05, 4.69) is 51.1 Å². The molecule has 0 spiro atoms. The number of halogens is 3. The van der Waals surface area contributed by atoms with Gasteiger partial charge in [0.2, 0.25) is 4.21 Å². The summed E-state index contributed by atoms with van der Waals surface area (Å²) in [5.41, 5.74) is 8.60. The van der Waals surface area contributed by atoms with Crippen LogP contribution >= 0.6 is 43.2 Å². The number of benzene rings is 1. The molecule has 0 bridgehead atoms. The Morgan fingerprint density at radius 2 is 2.00 bits per heavy atom. The van der Waals surface area contributed by atoms with E-state index in [-0.39, 0.29) is 5.69 Å². The summed E-state index contributed by atoms with van der Waals surface area (Å²) >= 11 is 6.50. The number of hydrogen-bond donors (Lipinski definition) is 2. The summed E-state index contributed by atoms with van der Waals surface area (Å²) in [7, 11) is 0. The van der Waals surface area contributed by atoms with Crippen LogP contribution in [0.4, 0.5) is 15.9 Å². The Morgan fingerprint density at radius 1 is 1.22 bits per heavy atom. The molecule has 1 saturated carbocycles. The maximum atomic E-state index is 15.0. The summed E-state index contributed by atoms with van der Waals surface area (Å²) in [6.07, 6.45) is 8.02. The molecule has 1 atom stereocenters. The fourth-order valence-electron chi connectivity index (χ4n) is 4.12. The second kappa shape index (κ2) is 8.94. The van der Waals surface area contributed by atoms with E-state index in [0.29, 0.717) is 21.6 Å². The lowest BCUT2D eigenvalue weighted by Crippen LogP contribution is -2.12. The molecule has 0 aliphatic heterocycles. The molecular weight excluding hydrogens is 581 g/mol. The molecule has 1 aliphatic rings. The summed E-state index contributed by atoms with van der Waals surface area (Å²) < 4.78 is 34.8. The Morgan fingerprint density at radius 3 is 2.69 bits per heavy atom. The van der Waals surface area contributed by atoms with Crippen molar-refractivity contribution < 1.29 is 8.94 Å². The highest BCUT2D eigenvalue weighted by molar-refractivity contribution is 9.13. The SMILES string of the molecule is Nc1ncnc2c1c(-c1ccc(N[S+]([O-])c3cc(Br)c(Br)s3)c(F)c1)cn2C1CCCC1. The van der Waals surface area contributed by atoms with Crippen molar-refractivity contribution in [2.24, 2.45) is 0 Å². The van der Waals surface area contributed by atoms with E-state index in [1.165, 1.54) is 36.6 Å². The molecule has 3 heterocycles. The van der Waals surface area contributed by atoms with Crippen LogP contribution in [0.2, 0.25) is 0 Å². The van der Waals surface area contributed by atoms with Gasteiger partial charge in [-0.3, -0.25) is 0 Å². The number of hydrogen-bond acceptors (Lipinski definition) is 6. The van der Waals surface area contributed by atoms with Gasteiger partial charge in [-0.25, -0.2) is 14.4 Å². The molecule has 5 rings (SSSR count). The average Bonchev–Trinajstić information content (AvgIpc) is 3.49. The van der Waals surface area contributed by atoms with Gasteiger partial charge in [0.05, 0.1) is 9.17 Å². The third-order valence-electron chi connectivity index (χ3n) is 5.64. The first-order valence-corrected chi connectivity index (χ1v) is 13.5. The van der Waals surface area contributed by atoms with E-state index in [4.69, 9.17) is 5.73 Å². The smallest absolute Gasteiger partial charge is 0.235 e. The van der Waals surface area contributed by atoms with Gasteiger partial charge in [-0.05, 0) is 62.4 Å². The van der Waals surface area contributed by atoms with Crippen molar-refractivity contribution in [3.63, 3.8) is 0 Å². The summed E-state index contributed by atoms with van der Waals surface area (Å²) in [6, 6.07) is 6.92. The highest BCUT2D eigenvalue weighted by Gasteiger charge is 2.24. The van der Waals surface area contributed by atoms with E-state index in [0.717, 1.165) is 37.7 Å². The van der Waals surface area contributed by atoms with Gasteiger partial charge in [0.25, 0.3) is 0 Å². The number of rotatable bonds is 5. The summed E-state index contributed by atoms with van der Waals surface area (Å²) in [6.45, 7) is 0. The molecule has 1 aliphatic carbocycles. The summed E-state index contributed by atoms with van der Waals surface area (Å²) in [5, 5.41) is 0.733. The van der Waals surface area contributed by atoms with Crippen LogP contribution in [0.15, 0.2) is 49.3 Å².